The van der Waals surface area contributed by atoms with E-state index in [2.05, 4.69) is 0 Å². The van der Waals surface area contributed by atoms with E-state index in [0.29, 0.717) is 5.56 Å². The van der Waals surface area contributed by atoms with Crippen LogP contribution in [-0.2, 0) is 15.2 Å². The summed E-state index contributed by atoms with van der Waals surface area (Å²) in [6, 6.07) is 4.35. The number of rotatable bonds is 3. The van der Waals surface area contributed by atoms with Gasteiger partial charge in [0.25, 0.3) is 0 Å². The molecule has 1 aromatic carbocycles. The Bertz CT molecular complexity index is 503. The Labute approximate surface area is 101 Å². The van der Waals surface area contributed by atoms with Crippen molar-refractivity contribution in [3.05, 3.63) is 41.5 Å². The molecule has 0 unspecified atom stereocenters. The zero-order chi connectivity index (χ0) is 13.1. The van der Waals surface area contributed by atoms with Crippen LogP contribution in [0, 0.1) is 0 Å². The van der Waals surface area contributed by atoms with Gasteiger partial charge in [0.2, 0.25) is 9.05 Å². The van der Waals surface area contributed by atoms with Crippen molar-refractivity contribution in [2.45, 2.75) is 6.18 Å². The Morgan fingerprint density at radius 1 is 1.18 bits per heavy atom. The molecular weight excluding hydrogens is 277 g/mol. The van der Waals surface area contributed by atoms with Gasteiger partial charge in [0.05, 0.1) is 11.3 Å². The second kappa shape index (κ2) is 5.10. The van der Waals surface area contributed by atoms with Crippen LogP contribution >= 0.6 is 10.7 Å². The first-order chi connectivity index (χ1) is 7.68. The fourth-order valence-electron chi connectivity index (χ4n) is 1.08. The van der Waals surface area contributed by atoms with Crippen LogP contribution in [0.1, 0.15) is 11.1 Å². The van der Waals surface area contributed by atoms with E-state index in [1.165, 1.54) is 24.3 Å². The molecule has 1 aromatic rings. The number of benzene rings is 1. The minimum Gasteiger partial charge on any atom is -0.212 e. The predicted octanol–water partition coefficient (Wildman–Crippen LogP) is 3.29. The Morgan fingerprint density at radius 3 is 2.12 bits per heavy atom. The first kappa shape index (κ1) is 14.1. The third-order valence-corrected chi connectivity index (χ3v) is 2.81. The quantitative estimate of drug-likeness (QED) is 0.798. The summed E-state index contributed by atoms with van der Waals surface area (Å²) in [5.41, 5.74) is -0.280. The maximum absolute atomic E-state index is 12.2. The molecule has 0 atom stereocenters. The maximum atomic E-state index is 12.2. The molecule has 0 aliphatic carbocycles. The van der Waals surface area contributed by atoms with Gasteiger partial charge in [0.1, 0.15) is 0 Å². The van der Waals surface area contributed by atoms with Gasteiger partial charge >= 0.3 is 6.18 Å². The molecule has 0 saturated carbocycles. The fraction of sp³-hybridized carbons (Fsp3) is 0.200. The van der Waals surface area contributed by atoms with Crippen LogP contribution in [-0.4, -0.2) is 14.2 Å². The number of halogens is 4. The monoisotopic (exact) mass is 284 g/mol. The summed E-state index contributed by atoms with van der Waals surface area (Å²) in [5, 5.41) is 0. The number of alkyl halides is 3. The normalized spacial score (nSPS) is 13.2. The topological polar surface area (TPSA) is 34.1 Å². The lowest BCUT2D eigenvalue weighted by atomic mass is 10.1. The van der Waals surface area contributed by atoms with Crippen LogP contribution in [0.15, 0.2) is 30.3 Å². The Balaban J connectivity index is 2.76. The molecule has 0 heterocycles. The molecule has 0 aliphatic heterocycles. The van der Waals surface area contributed by atoms with Crippen molar-refractivity contribution in [1.29, 1.82) is 0 Å². The third-order valence-electron chi connectivity index (χ3n) is 1.84. The summed E-state index contributed by atoms with van der Waals surface area (Å²) in [6.07, 6.45) is -1.72. The standard InChI is InChI=1S/C10H8ClF3O2S/c11-17(15,16)7-1-2-8-3-5-9(6-4-8)10(12,13)14/h1-6H,7H2/b2-1-. The molecule has 0 radical (unpaired) electrons. The van der Waals surface area contributed by atoms with E-state index in [9.17, 15) is 21.6 Å². The first-order valence-corrected chi connectivity index (χ1v) is 6.92. The number of hydrogen-bond acceptors (Lipinski definition) is 2. The van der Waals surface area contributed by atoms with Crippen molar-refractivity contribution in [2.24, 2.45) is 0 Å². The van der Waals surface area contributed by atoms with Crippen molar-refractivity contribution < 1.29 is 21.6 Å². The summed E-state index contributed by atoms with van der Waals surface area (Å²) in [6.45, 7) is 0. The average Bonchev–Trinajstić information content (AvgIpc) is 2.15. The van der Waals surface area contributed by atoms with E-state index < -0.39 is 20.8 Å². The van der Waals surface area contributed by atoms with Gasteiger partial charge in [-0.25, -0.2) is 8.42 Å². The second-order valence-corrected chi connectivity index (χ2v) is 6.05. The Kier molecular flexibility index (Phi) is 4.21. The van der Waals surface area contributed by atoms with Crippen molar-refractivity contribution in [3.63, 3.8) is 0 Å². The van der Waals surface area contributed by atoms with Gasteiger partial charge in [-0.3, -0.25) is 0 Å². The van der Waals surface area contributed by atoms with Crippen LogP contribution < -0.4 is 0 Å². The predicted molar refractivity (Wildman–Crippen MR) is 60.1 cm³/mol. The zero-order valence-electron chi connectivity index (χ0n) is 8.41. The van der Waals surface area contributed by atoms with Crippen LogP contribution in [0.3, 0.4) is 0 Å². The molecule has 0 bridgehead atoms. The maximum Gasteiger partial charge on any atom is 0.416 e. The molecule has 94 valence electrons. The second-order valence-electron chi connectivity index (χ2n) is 3.23. The molecule has 0 fully saturated rings. The largest absolute Gasteiger partial charge is 0.416 e. The minimum absolute atomic E-state index is 0.365. The molecule has 0 amide bonds. The van der Waals surface area contributed by atoms with Crippen molar-refractivity contribution >= 4 is 25.8 Å². The van der Waals surface area contributed by atoms with E-state index in [4.69, 9.17) is 10.7 Å². The number of hydrogen-bond donors (Lipinski definition) is 0. The lowest BCUT2D eigenvalue weighted by molar-refractivity contribution is -0.137. The van der Waals surface area contributed by atoms with Crippen LogP contribution in [0.4, 0.5) is 13.2 Å². The van der Waals surface area contributed by atoms with Gasteiger partial charge in [-0.05, 0) is 17.7 Å². The molecule has 0 aromatic heterocycles. The molecule has 0 spiro atoms. The highest BCUT2D eigenvalue weighted by molar-refractivity contribution is 8.13. The first-order valence-electron chi connectivity index (χ1n) is 4.44. The minimum atomic E-state index is -4.37. The van der Waals surface area contributed by atoms with Crippen molar-refractivity contribution in [3.8, 4) is 0 Å². The molecule has 1 rings (SSSR count). The molecule has 0 N–H and O–H groups in total. The van der Waals surface area contributed by atoms with Crippen LogP contribution in [0.25, 0.3) is 6.08 Å². The molecular formula is C10H8ClF3O2S. The SMILES string of the molecule is O=S(=O)(Cl)C/C=C\c1ccc(C(F)(F)F)cc1. The van der Waals surface area contributed by atoms with Gasteiger partial charge in [-0.1, -0.05) is 24.3 Å². The highest BCUT2D eigenvalue weighted by Gasteiger charge is 2.29. The molecule has 7 heteroatoms. The van der Waals surface area contributed by atoms with E-state index in [-0.39, 0.29) is 5.75 Å². The van der Waals surface area contributed by atoms with Crippen LogP contribution in [0.5, 0.6) is 0 Å². The van der Waals surface area contributed by atoms with Crippen molar-refractivity contribution in [1.82, 2.24) is 0 Å². The molecule has 2 nitrogen and oxygen atoms in total. The highest BCUT2D eigenvalue weighted by atomic mass is 35.7. The molecule has 17 heavy (non-hydrogen) atoms. The van der Waals surface area contributed by atoms with E-state index >= 15 is 0 Å². The van der Waals surface area contributed by atoms with Gasteiger partial charge in [-0.2, -0.15) is 13.2 Å². The van der Waals surface area contributed by atoms with E-state index in [1.54, 1.807) is 0 Å². The summed E-state index contributed by atoms with van der Waals surface area (Å²) >= 11 is 0. The lowest BCUT2D eigenvalue weighted by Gasteiger charge is -2.05. The Hall–Kier alpha value is -1.01. The van der Waals surface area contributed by atoms with Gasteiger partial charge in [-0.15, -0.1) is 0 Å². The zero-order valence-corrected chi connectivity index (χ0v) is 9.98. The smallest absolute Gasteiger partial charge is 0.212 e. The van der Waals surface area contributed by atoms with E-state index in [0.717, 1.165) is 12.1 Å². The van der Waals surface area contributed by atoms with Crippen molar-refractivity contribution in [2.75, 3.05) is 5.75 Å². The highest BCUT2D eigenvalue weighted by Crippen LogP contribution is 2.29. The van der Waals surface area contributed by atoms with Gasteiger partial charge in [0, 0.05) is 10.7 Å². The summed E-state index contributed by atoms with van der Waals surface area (Å²) in [7, 11) is 1.34. The van der Waals surface area contributed by atoms with Gasteiger partial charge in [0.15, 0.2) is 0 Å². The fourth-order valence-corrected chi connectivity index (χ4v) is 1.63. The lowest BCUT2D eigenvalue weighted by Crippen LogP contribution is -2.03. The summed E-state index contributed by atoms with van der Waals surface area (Å²) < 4.78 is 57.8. The average molecular weight is 285 g/mol. The van der Waals surface area contributed by atoms with E-state index in [1.807, 2.05) is 0 Å². The van der Waals surface area contributed by atoms with Gasteiger partial charge < -0.3 is 0 Å². The van der Waals surface area contributed by atoms with Crippen LogP contribution in [0.2, 0.25) is 0 Å². The third kappa shape index (κ3) is 5.23. The summed E-state index contributed by atoms with van der Waals surface area (Å²) in [4.78, 5) is 0. The summed E-state index contributed by atoms with van der Waals surface area (Å²) in [5.74, 6) is -0.365. The molecule has 0 saturated heterocycles. The Morgan fingerprint density at radius 2 is 1.71 bits per heavy atom. The molecule has 0 aliphatic rings.